The van der Waals surface area contributed by atoms with Crippen molar-refractivity contribution < 1.29 is 4.42 Å². The Labute approximate surface area is 288 Å². The normalized spacial score (nSPS) is 15.7. The number of hydrogen-bond acceptors (Lipinski definition) is 1. The smallest absolute Gasteiger partial charge is 0.135 e. The maximum Gasteiger partial charge on any atom is 0.135 e. The first kappa shape index (κ1) is 26.5. The average Bonchev–Trinajstić information content (AvgIpc) is 3.69. The number of hydrogen-bond donors (Lipinski definition) is 0. The predicted molar refractivity (Wildman–Crippen MR) is 208 cm³/mol. The van der Waals surface area contributed by atoms with Gasteiger partial charge in [-0.1, -0.05) is 146 Å². The molecule has 0 aliphatic heterocycles. The fourth-order valence-electron chi connectivity index (χ4n) is 9.73. The van der Waals surface area contributed by atoms with Crippen LogP contribution in [0.2, 0.25) is 0 Å². The van der Waals surface area contributed by atoms with Gasteiger partial charge in [-0.15, -0.1) is 0 Å². The molecule has 1 spiro atoms. The summed E-state index contributed by atoms with van der Waals surface area (Å²) in [7, 11) is 0. The molecule has 0 radical (unpaired) electrons. The highest BCUT2D eigenvalue weighted by Gasteiger charge is 2.51. The Hall–Kier alpha value is -6.44. The zero-order valence-corrected chi connectivity index (χ0v) is 27.1. The topological polar surface area (TPSA) is 13.1 Å². The first-order chi connectivity index (χ1) is 24.8. The van der Waals surface area contributed by atoms with E-state index >= 15 is 0 Å². The molecule has 1 heteroatoms. The van der Waals surface area contributed by atoms with Crippen LogP contribution in [-0.2, 0) is 5.41 Å². The van der Waals surface area contributed by atoms with Crippen LogP contribution < -0.4 is 0 Å². The summed E-state index contributed by atoms with van der Waals surface area (Å²) in [6.45, 7) is 0. The van der Waals surface area contributed by atoms with E-state index in [1.165, 1.54) is 88.0 Å². The molecule has 230 valence electrons. The van der Waals surface area contributed by atoms with Gasteiger partial charge in [0.25, 0.3) is 0 Å². The van der Waals surface area contributed by atoms with Crippen molar-refractivity contribution in [2.45, 2.75) is 5.41 Å². The Morgan fingerprint density at radius 2 is 0.960 bits per heavy atom. The molecule has 50 heavy (non-hydrogen) atoms. The lowest BCUT2D eigenvalue weighted by Gasteiger charge is -2.41. The van der Waals surface area contributed by atoms with Gasteiger partial charge in [-0.25, -0.2) is 0 Å². The van der Waals surface area contributed by atoms with Gasteiger partial charge in [0.05, 0.1) is 5.41 Å². The summed E-state index contributed by atoms with van der Waals surface area (Å²) in [4.78, 5) is 0. The van der Waals surface area contributed by atoms with E-state index in [-0.39, 0.29) is 0 Å². The van der Waals surface area contributed by atoms with E-state index in [1.807, 2.05) is 6.07 Å². The van der Waals surface area contributed by atoms with E-state index in [4.69, 9.17) is 4.42 Å². The van der Waals surface area contributed by atoms with E-state index in [0.717, 1.165) is 21.9 Å². The van der Waals surface area contributed by atoms with Gasteiger partial charge in [0.1, 0.15) is 11.2 Å². The third-order valence-corrected chi connectivity index (χ3v) is 11.6. The Bertz CT molecular complexity index is 3100. The van der Waals surface area contributed by atoms with Gasteiger partial charge >= 0.3 is 0 Å². The zero-order chi connectivity index (χ0) is 32.6. The molecule has 0 saturated heterocycles. The van der Waals surface area contributed by atoms with Gasteiger partial charge in [-0.05, 0) is 112 Å². The second kappa shape index (κ2) is 9.37. The summed E-state index contributed by atoms with van der Waals surface area (Å²) in [6, 6.07) is 63.3. The maximum atomic E-state index is 6.23. The van der Waals surface area contributed by atoms with Crippen molar-refractivity contribution in [3.8, 4) is 33.4 Å². The molecule has 10 aromatic rings. The van der Waals surface area contributed by atoms with Gasteiger partial charge in [0.15, 0.2) is 0 Å². The van der Waals surface area contributed by atoms with Crippen molar-refractivity contribution in [2.75, 3.05) is 0 Å². The third-order valence-electron chi connectivity index (χ3n) is 11.6. The molecule has 2 aliphatic carbocycles. The molecule has 0 amide bonds. The second-order valence-corrected chi connectivity index (χ2v) is 13.9. The minimum absolute atomic E-state index is 0.527. The van der Waals surface area contributed by atoms with Gasteiger partial charge in [0, 0.05) is 10.8 Å². The van der Waals surface area contributed by atoms with Gasteiger partial charge < -0.3 is 4.42 Å². The van der Waals surface area contributed by atoms with Crippen LogP contribution in [0, 0.1) is 0 Å². The first-order valence-corrected chi connectivity index (χ1v) is 17.4. The number of furan rings is 1. The van der Waals surface area contributed by atoms with Crippen molar-refractivity contribution in [2.24, 2.45) is 0 Å². The van der Waals surface area contributed by atoms with Crippen LogP contribution in [0.15, 0.2) is 174 Å². The molecule has 0 saturated carbocycles. The molecular formula is C49H28O. The van der Waals surface area contributed by atoms with E-state index in [9.17, 15) is 0 Å². The third kappa shape index (κ3) is 3.14. The zero-order valence-electron chi connectivity index (χ0n) is 27.1. The molecule has 0 N–H and O–H groups in total. The van der Waals surface area contributed by atoms with E-state index < -0.39 is 5.41 Å². The van der Waals surface area contributed by atoms with E-state index in [0.29, 0.717) is 0 Å². The van der Waals surface area contributed by atoms with Crippen LogP contribution in [-0.4, -0.2) is 0 Å². The van der Waals surface area contributed by atoms with Crippen LogP contribution in [0.4, 0.5) is 0 Å². The quantitative estimate of drug-likeness (QED) is 0.164. The van der Waals surface area contributed by atoms with Crippen LogP contribution in [0.1, 0.15) is 22.3 Å². The van der Waals surface area contributed by atoms with Crippen LogP contribution >= 0.6 is 0 Å². The van der Waals surface area contributed by atoms with Crippen molar-refractivity contribution in [3.63, 3.8) is 0 Å². The monoisotopic (exact) mass is 632 g/mol. The lowest BCUT2D eigenvalue weighted by atomic mass is 9.59. The lowest BCUT2D eigenvalue weighted by molar-refractivity contribution is 0.669. The van der Waals surface area contributed by atoms with Gasteiger partial charge in [0.2, 0.25) is 0 Å². The lowest BCUT2D eigenvalue weighted by Crippen LogP contribution is -2.32. The minimum atomic E-state index is -0.527. The summed E-state index contributed by atoms with van der Waals surface area (Å²) in [5, 5.41) is 10.1. The summed E-state index contributed by atoms with van der Waals surface area (Å²) >= 11 is 0. The molecule has 9 aromatic carbocycles. The number of rotatable bonds is 1. The van der Waals surface area contributed by atoms with E-state index in [2.05, 4.69) is 164 Å². The summed E-state index contributed by atoms with van der Waals surface area (Å²) < 4.78 is 6.23. The predicted octanol–water partition coefficient (Wildman–Crippen LogP) is 13.1. The fraction of sp³-hybridized carbons (Fsp3) is 0.0204. The highest BCUT2D eigenvalue weighted by atomic mass is 16.3. The molecule has 0 fully saturated rings. The molecule has 0 bridgehead atoms. The Balaban J connectivity index is 1.28. The molecule has 1 aromatic heterocycles. The van der Waals surface area contributed by atoms with Crippen molar-refractivity contribution in [3.05, 3.63) is 192 Å². The Morgan fingerprint density at radius 1 is 0.360 bits per heavy atom. The largest absolute Gasteiger partial charge is 0.456 e. The van der Waals surface area contributed by atoms with Crippen LogP contribution in [0.5, 0.6) is 0 Å². The minimum Gasteiger partial charge on any atom is -0.456 e. The fourth-order valence-corrected chi connectivity index (χ4v) is 9.73. The summed E-state index contributed by atoms with van der Waals surface area (Å²) in [6.07, 6.45) is 0. The van der Waals surface area contributed by atoms with Crippen LogP contribution in [0.3, 0.4) is 0 Å². The molecule has 1 unspecified atom stereocenters. The molecule has 12 rings (SSSR count). The van der Waals surface area contributed by atoms with Gasteiger partial charge in [-0.3, -0.25) is 0 Å². The van der Waals surface area contributed by atoms with Crippen molar-refractivity contribution >= 4 is 54.3 Å². The van der Waals surface area contributed by atoms with Gasteiger partial charge in [-0.2, -0.15) is 0 Å². The standard InChI is InChI=1S/C49H28O/c1-3-17-37-32(13-1)33-14-2-4-18-38(33)48-47(37)39-19-9-11-29-12-10-21-42(46(29)39)49(48)41-20-7-5-15-34(41)35-25-23-31(28-43(35)49)30-24-26-45-40(27-30)36-16-6-8-22-44(36)50-45/h1-28H. The molecular weight excluding hydrogens is 605 g/mol. The molecule has 1 nitrogen and oxygen atoms in total. The highest BCUT2D eigenvalue weighted by molar-refractivity contribution is 6.22. The van der Waals surface area contributed by atoms with Crippen LogP contribution in [0.25, 0.3) is 87.6 Å². The Morgan fingerprint density at radius 3 is 1.84 bits per heavy atom. The summed E-state index contributed by atoms with van der Waals surface area (Å²) in [5.41, 5.74) is 14.4. The average molecular weight is 633 g/mol. The molecule has 1 atom stereocenters. The van der Waals surface area contributed by atoms with Crippen molar-refractivity contribution in [1.82, 2.24) is 0 Å². The molecule has 2 aliphatic rings. The SMILES string of the molecule is c1ccc2c(c1)-c1ccc(-c3ccc4oc5ccccc5c4c3)cc1C21c2c(c3ccccc3c3ccccc23)-c2cccc3cccc1c23. The highest BCUT2D eigenvalue weighted by Crippen LogP contribution is 2.64. The Kier molecular flexibility index (Phi) is 4.97. The second-order valence-electron chi connectivity index (χ2n) is 13.9. The number of benzene rings is 9. The van der Waals surface area contributed by atoms with Crippen molar-refractivity contribution in [1.29, 1.82) is 0 Å². The first-order valence-electron chi connectivity index (χ1n) is 17.4. The van der Waals surface area contributed by atoms with E-state index in [1.54, 1.807) is 0 Å². The number of fused-ring (bicyclic) bond motifs is 17. The summed E-state index contributed by atoms with van der Waals surface area (Å²) in [5.74, 6) is 0. The number of para-hydroxylation sites is 1. The maximum absolute atomic E-state index is 6.23. The molecule has 1 heterocycles.